The maximum atomic E-state index is 9.34. The van der Waals surface area contributed by atoms with Crippen molar-refractivity contribution in [2.45, 2.75) is 48.9 Å². The Balaban J connectivity index is 1.77. The second-order valence-corrected chi connectivity index (χ2v) is 6.25. The van der Waals surface area contributed by atoms with Crippen LogP contribution in [0.25, 0.3) is 0 Å². The van der Waals surface area contributed by atoms with Gasteiger partial charge in [-0.15, -0.1) is 0 Å². The van der Waals surface area contributed by atoms with Crippen molar-refractivity contribution in [2.75, 3.05) is 19.5 Å². The highest BCUT2D eigenvalue weighted by Crippen LogP contribution is 2.38. The third-order valence-electron chi connectivity index (χ3n) is 3.38. The molecule has 0 aliphatic heterocycles. The van der Waals surface area contributed by atoms with E-state index in [0.717, 1.165) is 25.2 Å². The number of hydrogen-bond donors (Lipinski definition) is 1. The molecule has 2 atom stereocenters. The minimum absolute atomic E-state index is 0.216. The van der Waals surface area contributed by atoms with Crippen LogP contribution in [0.4, 0.5) is 0 Å². The van der Waals surface area contributed by atoms with Gasteiger partial charge in [0.05, 0.1) is 12.7 Å². The Morgan fingerprint density at radius 3 is 2.94 bits per heavy atom. The van der Waals surface area contributed by atoms with Crippen molar-refractivity contribution in [3.05, 3.63) is 0 Å². The molecule has 1 N–H and O–H groups in total. The van der Waals surface area contributed by atoms with E-state index in [-0.39, 0.29) is 5.54 Å². The van der Waals surface area contributed by atoms with Crippen LogP contribution in [0.2, 0.25) is 0 Å². The van der Waals surface area contributed by atoms with Crippen LogP contribution in [0.1, 0.15) is 32.1 Å². The molecule has 2 unspecified atom stereocenters. The molecule has 2 aliphatic carbocycles. The lowest BCUT2D eigenvalue weighted by molar-refractivity contribution is 0.218. The summed E-state index contributed by atoms with van der Waals surface area (Å²) >= 11 is 1.96. The first kappa shape index (κ1) is 12.2. The van der Waals surface area contributed by atoms with Crippen molar-refractivity contribution >= 4 is 11.8 Å². The molecule has 0 bridgehead atoms. The van der Waals surface area contributed by atoms with Gasteiger partial charge in [-0.05, 0) is 32.1 Å². The molecular weight excluding hydrogens is 220 g/mol. The van der Waals surface area contributed by atoms with E-state index in [0.29, 0.717) is 11.3 Å². The Labute approximate surface area is 102 Å². The molecule has 2 rings (SSSR count). The van der Waals surface area contributed by atoms with Crippen molar-refractivity contribution in [3.63, 3.8) is 0 Å². The van der Waals surface area contributed by atoms with Crippen molar-refractivity contribution in [2.24, 2.45) is 0 Å². The fourth-order valence-corrected chi connectivity index (χ4v) is 3.61. The molecule has 16 heavy (non-hydrogen) atoms. The highest BCUT2D eigenvalue weighted by atomic mass is 32.2. The van der Waals surface area contributed by atoms with Crippen molar-refractivity contribution in [3.8, 4) is 6.07 Å². The summed E-state index contributed by atoms with van der Waals surface area (Å²) < 4.78 is 5.05. The van der Waals surface area contributed by atoms with Crippen LogP contribution < -0.4 is 5.32 Å². The monoisotopic (exact) mass is 240 g/mol. The normalized spacial score (nSPS) is 33.9. The molecular formula is C12H20N2OS. The summed E-state index contributed by atoms with van der Waals surface area (Å²) in [5, 5.41) is 13.5. The largest absolute Gasteiger partial charge is 0.384 e. The second-order valence-electron chi connectivity index (χ2n) is 4.84. The van der Waals surface area contributed by atoms with E-state index in [2.05, 4.69) is 11.4 Å². The van der Waals surface area contributed by atoms with E-state index >= 15 is 0 Å². The molecule has 90 valence electrons. The van der Waals surface area contributed by atoms with Crippen molar-refractivity contribution in [1.82, 2.24) is 5.32 Å². The van der Waals surface area contributed by atoms with E-state index in [1.165, 1.54) is 19.3 Å². The number of thioether (sulfide) groups is 1. The van der Waals surface area contributed by atoms with Crippen LogP contribution in [0, 0.1) is 11.3 Å². The minimum Gasteiger partial charge on any atom is -0.384 e. The molecule has 2 aliphatic rings. The molecule has 0 radical (unpaired) electrons. The fraction of sp³-hybridized carbons (Fsp3) is 0.917. The Bertz CT molecular complexity index is 275. The molecule has 0 aromatic heterocycles. The van der Waals surface area contributed by atoms with E-state index in [4.69, 9.17) is 4.74 Å². The Morgan fingerprint density at radius 1 is 1.50 bits per heavy atom. The van der Waals surface area contributed by atoms with Crippen LogP contribution in [-0.4, -0.2) is 36.3 Å². The van der Waals surface area contributed by atoms with E-state index in [1.54, 1.807) is 7.11 Å². The number of methoxy groups -OCH3 is 1. The summed E-state index contributed by atoms with van der Waals surface area (Å²) in [6.45, 7) is 0.816. The summed E-state index contributed by atoms with van der Waals surface area (Å²) in [6, 6.07) is 3.14. The third-order valence-corrected chi connectivity index (χ3v) is 4.66. The molecule has 0 aromatic rings. The Hall–Kier alpha value is -0.240. The second kappa shape index (κ2) is 5.39. The molecule has 0 aromatic carbocycles. The van der Waals surface area contributed by atoms with Gasteiger partial charge in [0, 0.05) is 24.2 Å². The Morgan fingerprint density at radius 2 is 2.31 bits per heavy atom. The lowest BCUT2D eigenvalue weighted by Gasteiger charge is -2.22. The SMILES string of the molecule is COCCSC1CCC(C#N)(NC2CC2)C1. The minimum atomic E-state index is -0.216. The van der Waals surface area contributed by atoms with Crippen molar-refractivity contribution < 1.29 is 4.74 Å². The maximum absolute atomic E-state index is 9.34. The first-order valence-electron chi connectivity index (χ1n) is 6.07. The lowest BCUT2D eigenvalue weighted by Crippen LogP contribution is -2.43. The van der Waals surface area contributed by atoms with E-state index < -0.39 is 0 Å². The lowest BCUT2D eigenvalue weighted by atomic mass is 10.00. The van der Waals surface area contributed by atoms with Crippen LogP contribution in [0.5, 0.6) is 0 Å². The highest BCUT2D eigenvalue weighted by molar-refractivity contribution is 7.99. The first-order valence-corrected chi connectivity index (χ1v) is 7.12. The van der Waals surface area contributed by atoms with Gasteiger partial charge in [-0.2, -0.15) is 17.0 Å². The highest BCUT2D eigenvalue weighted by Gasteiger charge is 2.42. The quantitative estimate of drug-likeness (QED) is 0.721. The summed E-state index contributed by atoms with van der Waals surface area (Å²) in [7, 11) is 1.74. The fourth-order valence-electron chi connectivity index (χ4n) is 2.32. The summed E-state index contributed by atoms with van der Waals surface area (Å²) in [4.78, 5) is 0. The predicted octanol–water partition coefficient (Wildman–Crippen LogP) is 1.93. The molecule has 0 amide bonds. The van der Waals surface area contributed by atoms with Gasteiger partial charge in [0.25, 0.3) is 0 Å². The van der Waals surface area contributed by atoms with Gasteiger partial charge in [-0.3, -0.25) is 5.32 Å². The number of nitrogens with one attached hydrogen (secondary N) is 1. The molecule has 4 heteroatoms. The standard InChI is InChI=1S/C12H20N2OS/c1-15-6-7-16-11-4-5-12(8-11,9-13)14-10-2-3-10/h10-11,14H,2-8H2,1H3. The molecule has 2 saturated carbocycles. The Kier molecular flexibility index (Phi) is 4.12. The van der Waals surface area contributed by atoms with Crippen LogP contribution in [-0.2, 0) is 4.74 Å². The van der Waals surface area contributed by atoms with Gasteiger partial charge in [0.1, 0.15) is 5.54 Å². The average molecular weight is 240 g/mol. The van der Waals surface area contributed by atoms with Gasteiger partial charge in [-0.25, -0.2) is 0 Å². The molecule has 0 spiro atoms. The summed E-state index contributed by atoms with van der Waals surface area (Å²) in [5.41, 5.74) is -0.216. The van der Waals surface area contributed by atoms with Crippen LogP contribution in [0.15, 0.2) is 0 Å². The molecule has 2 fully saturated rings. The zero-order chi connectivity index (χ0) is 11.4. The first-order chi connectivity index (χ1) is 7.78. The van der Waals surface area contributed by atoms with Crippen LogP contribution >= 0.6 is 11.8 Å². The van der Waals surface area contributed by atoms with Crippen molar-refractivity contribution in [1.29, 1.82) is 5.26 Å². The molecule has 3 nitrogen and oxygen atoms in total. The number of hydrogen-bond acceptors (Lipinski definition) is 4. The van der Waals surface area contributed by atoms with Gasteiger partial charge >= 0.3 is 0 Å². The van der Waals surface area contributed by atoms with Gasteiger partial charge in [-0.1, -0.05) is 0 Å². The zero-order valence-corrected chi connectivity index (χ0v) is 10.7. The zero-order valence-electron chi connectivity index (χ0n) is 9.87. The van der Waals surface area contributed by atoms with Gasteiger partial charge < -0.3 is 4.74 Å². The molecule has 0 saturated heterocycles. The smallest absolute Gasteiger partial charge is 0.108 e. The van der Waals surface area contributed by atoms with Gasteiger partial charge in [0.2, 0.25) is 0 Å². The number of nitrogens with zero attached hydrogens (tertiary/aromatic N) is 1. The predicted molar refractivity (Wildman–Crippen MR) is 66.5 cm³/mol. The average Bonchev–Trinajstić information content (AvgIpc) is 3.00. The number of ether oxygens (including phenoxy) is 1. The third kappa shape index (κ3) is 3.13. The summed E-state index contributed by atoms with van der Waals surface area (Å²) in [6.07, 6.45) is 5.70. The topological polar surface area (TPSA) is 45.0 Å². The van der Waals surface area contributed by atoms with Gasteiger partial charge in [0.15, 0.2) is 0 Å². The van der Waals surface area contributed by atoms with E-state index in [1.807, 2.05) is 11.8 Å². The molecule has 0 heterocycles. The number of rotatable bonds is 6. The maximum Gasteiger partial charge on any atom is 0.108 e. The summed E-state index contributed by atoms with van der Waals surface area (Å²) in [5.74, 6) is 1.05. The van der Waals surface area contributed by atoms with E-state index in [9.17, 15) is 5.26 Å². The number of nitriles is 1. The van der Waals surface area contributed by atoms with Crippen LogP contribution in [0.3, 0.4) is 0 Å².